The number of aromatic hydroxyl groups is 1. The molecule has 31 heavy (non-hydrogen) atoms. The lowest BCUT2D eigenvalue weighted by Crippen LogP contribution is -2.37. The number of fused-ring (bicyclic) bond motifs is 1. The van der Waals surface area contributed by atoms with Gasteiger partial charge < -0.3 is 9.84 Å². The summed E-state index contributed by atoms with van der Waals surface area (Å²) >= 11 is 0. The SMILES string of the molecule is [2H]C([2H])([2H])C(=CCC/C(C)=C/CC/C(C)=C/CC[C@]1(C)CCc2c(C)c(O)c(C)c(C)c2O1)C([2H])([2H])[2H]. The molecule has 0 radical (unpaired) electrons. The lowest BCUT2D eigenvalue weighted by molar-refractivity contribution is 0.0558. The highest BCUT2D eigenvalue weighted by Crippen LogP contribution is 2.44. The monoisotopic (exact) mass is 430 g/mol. The van der Waals surface area contributed by atoms with Gasteiger partial charge in [-0.25, -0.2) is 0 Å². The first kappa shape index (κ1) is 17.6. The van der Waals surface area contributed by atoms with Crippen LogP contribution in [0.15, 0.2) is 34.9 Å². The molecule has 1 aromatic carbocycles. The van der Waals surface area contributed by atoms with Gasteiger partial charge in [-0.15, -0.1) is 0 Å². The third-order valence-corrected chi connectivity index (χ3v) is 6.68. The van der Waals surface area contributed by atoms with Crippen LogP contribution in [0.1, 0.15) is 110 Å². The fourth-order valence-electron chi connectivity index (χ4n) is 4.29. The van der Waals surface area contributed by atoms with E-state index >= 15 is 0 Å². The number of hydrogen-bond donors (Lipinski definition) is 1. The van der Waals surface area contributed by atoms with Crippen molar-refractivity contribution >= 4 is 0 Å². The summed E-state index contributed by atoms with van der Waals surface area (Å²) < 4.78 is 51.3. The third-order valence-electron chi connectivity index (χ3n) is 6.68. The van der Waals surface area contributed by atoms with Gasteiger partial charge >= 0.3 is 0 Å². The highest BCUT2D eigenvalue weighted by molar-refractivity contribution is 5.58. The van der Waals surface area contributed by atoms with Crippen LogP contribution in [0.2, 0.25) is 0 Å². The molecule has 1 heterocycles. The molecular formula is C29H44O2. The van der Waals surface area contributed by atoms with Crippen molar-refractivity contribution in [3.8, 4) is 11.5 Å². The highest BCUT2D eigenvalue weighted by atomic mass is 16.5. The van der Waals surface area contributed by atoms with Crippen molar-refractivity contribution in [1.29, 1.82) is 0 Å². The maximum Gasteiger partial charge on any atom is 0.127 e. The minimum Gasteiger partial charge on any atom is -0.507 e. The second-order valence-electron chi connectivity index (χ2n) is 9.42. The van der Waals surface area contributed by atoms with Gasteiger partial charge in [0, 0.05) is 13.8 Å². The van der Waals surface area contributed by atoms with E-state index in [-0.39, 0.29) is 5.60 Å². The molecule has 1 aliphatic heterocycles. The van der Waals surface area contributed by atoms with E-state index in [0.29, 0.717) is 18.6 Å². The molecule has 1 aromatic rings. The number of rotatable bonds is 9. The number of benzene rings is 1. The lowest BCUT2D eigenvalue weighted by atomic mass is 9.85. The summed E-state index contributed by atoms with van der Waals surface area (Å²) in [5.41, 5.74) is 5.78. The minimum absolute atomic E-state index is 0.225. The van der Waals surface area contributed by atoms with Gasteiger partial charge in [-0.05, 0) is 123 Å². The highest BCUT2D eigenvalue weighted by Gasteiger charge is 2.33. The molecular weight excluding hydrogens is 380 g/mol. The van der Waals surface area contributed by atoms with Crippen molar-refractivity contribution in [1.82, 2.24) is 0 Å². The first-order chi connectivity index (χ1) is 17.0. The Kier molecular flexibility index (Phi) is 6.28. The second-order valence-corrected chi connectivity index (χ2v) is 9.42. The molecule has 2 nitrogen and oxygen atoms in total. The Bertz CT molecular complexity index is 1040. The molecule has 0 aliphatic carbocycles. The van der Waals surface area contributed by atoms with Crippen LogP contribution in [0.3, 0.4) is 0 Å². The number of hydrogen-bond acceptors (Lipinski definition) is 2. The van der Waals surface area contributed by atoms with Gasteiger partial charge in [0.05, 0.1) is 0 Å². The smallest absolute Gasteiger partial charge is 0.127 e. The molecule has 1 atom stereocenters. The molecule has 0 saturated carbocycles. The molecule has 0 fully saturated rings. The number of phenolic OH excluding ortho intramolecular Hbond substituents is 1. The van der Waals surface area contributed by atoms with Gasteiger partial charge in [-0.2, -0.15) is 0 Å². The quantitative estimate of drug-likeness (QED) is 0.397. The number of ether oxygens (including phenoxy) is 1. The average Bonchev–Trinajstić information content (AvgIpc) is 2.77. The summed E-state index contributed by atoms with van der Waals surface area (Å²) in [6.45, 7) is 7.08. The minimum atomic E-state index is -2.59. The van der Waals surface area contributed by atoms with Gasteiger partial charge in [0.2, 0.25) is 0 Å². The average molecular weight is 431 g/mol. The Morgan fingerprint density at radius 3 is 2.23 bits per heavy atom. The molecule has 2 heteroatoms. The zero-order valence-electron chi connectivity index (χ0n) is 26.2. The summed E-state index contributed by atoms with van der Waals surface area (Å²) in [4.78, 5) is 0. The largest absolute Gasteiger partial charge is 0.507 e. The van der Waals surface area contributed by atoms with E-state index in [0.717, 1.165) is 72.1 Å². The summed E-state index contributed by atoms with van der Waals surface area (Å²) in [5.74, 6) is 1.33. The summed E-state index contributed by atoms with van der Waals surface area (Å²) in [6.07, 6.45) is 12.4. The van der Waals surface area contributed by atoms with E-state index in [1.54, 1.807) is 0 Å². The van der Waals surface area contributed by atoms with Crippen LogP contribution in [-0.4, -0.2) is 10.7 Å². The Labute approximate surface area is 199 Å². The fraction of sp³-hybridized carbons (Fsp3) is 0.586. The lowest BCUT2D eigenvalue weighted by Gasteiger charge is -2.38. The van der Waals surface area contributed by atoms with E-state index in [1.165, 1.54) is 11.6 Å². The fourth-order valence-corrected chi connectivity index (χ4v) is 4.29. The first-order valence-corrected chi connectivity index (χ1v) is 11.5. The standard InChI is InChI=1S/C29H44O2/c1-20(2)12-9-13-21(3)14-10-15-22(4)16-11-18-29(8)19-17-26-25(7)27(30)23(5)24(6)28(26)31-29/h12,14,16,30H,9-11,13,15,17-19H2,1-8H3/b21-14+,22-16+/t29-/m1/s1/i1D3,2D3. The maximum atomic E-state index is 10.4. The van der Waals surface area contributed by atoms with Crippen molar-refractivity contribution < 1.29 is 18.1 Å². The Morgan fingerprint density at radius 1 is 0.968 bits per heavy atom. The molecule has 172 valence electrons. The van der Waals surface area contributed by atoms with Crippen LogP contribution >= 0.6 is 0 Å². The Balaban J connectivity index is 1.87. The summed E-state index contributed by atoms with van der Waals surface area (Å²) in [6, 6.07) is 0. The molecule has 2 rings (SSSR count). The number of allylic oxidation sites excluding steroid dienone is 6. The first-order valence-electron chi connectivity index (χ1n) is 14.5. The molecule has 1 aliphatic rings. The van der Waals surface area contributed by atoms with Crippen LogP contribution in [0.4, 0.5) is 0 Å². The van der Waals surface area contributed by atoms with E-state index < -0.39 is 19.3 Å². The third kappa shape index (κ3) is 7.02. The van der Waals surface area contributed by atoms with Gasteiger partial charge in [-0.3, -0.25) is 0 Å². The van der Waals surface area contributed by atoms with E-state index in [9.17, 15) is 5.11 Å². The van der Waals surface area contributed by atoms with E-state index in [2.05, 4.69) is 26.0 Å². The van der Waals surface area contributed by atoms with Crippen LogP contribution in [-0.2, 0) is 6.42 Å². The van der Waals surface area contributed by atoms with Gasteiger partial charge in [0.25, 0.3) is 0 Å². The van der Waals surface area contributed by atoms with Crippen molar-refractivity contribution in [2.45, 2.75) is 112 Å². The predicted octanol–water partition coefficient (Wildman–Crippen LogP) is 8.60. The number of phenols is 1. The molecule has 1 N–H and O–H groups in total. The van der Waals surface area contributed by atoms with Crippen LogP contribution < -0.4 is 4.74 Å². The molecule has 0 spiro atoms. The van der Waals surface area contributed by atoms with Gasteiger partial charge in [0.1, 0.15) is 17.1 Å². The topological polar surface area (TPSA) is 29.5 Å². The molecule has 0 aromatic heterocycles. The Morgan fingerprint density at radius 2 is 1.58 bits per heavy atom. The van der Waals surface area contributed by atoms with Crippen LogP contribution in [0, 0.1) is 20.8 Å². The summed E-state index contributed by atoms with van der Waals surface area (Å²) in [7, 11) is 0. The predicted molar refractivity (Wildman–Crippen MR) is 134 cm³/mol. The Hall–Kier alpha value is -1.96. The second kappa shape index (κ2) is 11.1. The van der Waals surface area contributed by atoms with E-state index in [4.69, 9.17) is 13.0 Å². The summed E-state index contributed by atoms with van der Waals surface area (Å²) in [5, 5.41) is 10.4. The van der Waals surface area contributed by atoms with Crippen molar-refractivity contribution in [3.63, 3.8) is 0 Å². The molecule has 0 saturated heterocycles. The molecule has 0 amide bonds. The van der Waals surface area contributed by atoms with Crippen molar-refractivity contribution in [2.75, 3.05) is 0 Å². The van der Waals surface area contributed by atoms with Crippen LogP contribution in [0.25, 0.3) is 0 Å². The van der Waals surface area contributed by atoms with Gasteiger partial charge in [0.15, 0.2) is 0 Å². The maximum absolute atomic E-state index is 10.4. The molecule has 0 bridgehead atoms. The normalized spacial score (nSPS) is 22.8. The van der Waals surface area contributed by atoms with Crippen molar-refractivity contribution in [3.05, 3.63) is 57.2 Å². The zero-order valence-corrected chi connectivity index (χ0v) is 20.2. The van der Waals surface area contributed by atoms with E-state index in [1.807, 2.05) is 27.7 Å². The van der Waals surface area contributed by atoms with Gasteiger partial charge in [-0.1, -0.05) is 34.9 Å². The molecule has 0 unspecified atom stereocenters. The van der Waals surface area contributed by atoms with Crippen molar-refractivity contribution in [2.24, 2.45) is 0 Å². The van der Waals surface area contributed by atoms with Crippen LogP contribution in [0.5, 0.6) is 11.5 Å². The zero-order chi connectivity index (χ0) is 28.2.